The molecule has 0 saturated heterocycles. The third-order valence-corrected chi connectivity index (χ3v) is 3.56. The summed E-state index contributed by atoms with van der Waals surface area (Å²) >= 11 is 11.3. The van der Waals surface area contributed by atoms with Crippen molar-refractivity contribution < 1.29 is 0 Å². The van der Waals surface area contributed by atoms with Crippen LogP contribution >= 0.6 is 23.8 Å². The number of nitrogens with two attached hydrogens (primary N) is 1. The maximum absolute atomic E-state index is 6.31. The maximum atomic E-state index is 6.31. The zero-order valence-electron chi connectivity index (χ0n) is 11.0. The smallest absolute Gasteiger partial charge is 0.104 e. The van der Waals surface area contributed by atoms with Crippen LogP contribution in [-0.4, -0.2) is 14.8 Å². The Balaban J connectivity index is 2.52. The molecule has 3 nitrogen and oxygen atoms in total. The average Bonchev–Trinajstić information content (AvgIpc) is 2.81. The molecule has 0 amide bonds. The van der Waals surface area contributed by atoms with Crippen LogP contribution in [-0.2, 0) is 12.8 Å². The summed E-state index contributed by atoms with van der Waals surface area (Å²) in [7, 11) is 0. The fourth-order valence-electron chi connectivity index (χ4n) is 1.94. The Bertz CT molecular complexity index is 619. The summed E-state index contributed by atoms with van der Waals surface area (Å²) in [5.41, 5.74) is 9.43. The second-order valence-corrected chi connectivity index (χ2v) is 5.12. The molecule has 0 aliphatic rings. The summed E-state index contributed by atoms with van der Waals surface area (Å²) in [4.78, 5) is 0.346. The van der Waals surface area contributed by atoms with Gasteiger partial charge in [-0.25, -0.2) is 4.68 Å². The van der Waals surface area contributed by atoms with E-state index in [1.165, 1.54) is 0 Å². The van der Waals surface area contributed by atoms with Crippen LogP contribution < -0.4 is 5.73 Å². The molecule has 100 valence electrons. The van der Waals surface area contributed by atoms with Crippen molar-refractivity contribution in [1.82, 2.24) is 9.78 Å². The summed E-state index contributed by atoms with van der Waals surface area (Å²) in [6.07, 6.45) is 1.81. The molecule has 0 aliphatic carbocycles. The van der Waals surface area contributed by atoms with Crippen LogP contribution in [0.4, 0.5) is 0 Å². The Morgan fingerprint density at radius 2 is 2.05 bits per heavy atom. The van der Waals surface area contributed by atoms with Gasteiger partial charge in [-0.3, -0.25) is 0 Å². The highest BCUT2D eigenvalue weighted by Gasteiger charge is 2.11. The molecule has 2 aromatic rings. The topological polar surface area (TPSA) is 43.8 Å². The van der Waals surface area contributed by atoms with Crippen molar-refractivity contribution in [1.29, 1.82) is 0 Å². The minimum atomic E-state index is 0.346. The number of hydrogen-bond donors (Lipinski definition) is 1. The predicted molar refractivity (Wildman–Crippen MR) is 83.2 cm³/mol. The Labute approximate surface area is 123 Å². The van der Waals surface area contributed by atoms with Gasteiger partial charge in [0.05, 0.1) is 16.4 Å². The minimum Gasteiger partial charge on any atom is -0.389 e. The van der Waals surface area contributed by atoms with Gasteiger partial charge >= 0.3 is 0 Å². The van der Waals surface area contributed by atoms with Crippen molar-refractivity contribution in [2.75, 3.05) is 0 Å². The van der Waals surface area contributed by atoms with Gasteiger partial charge < -0.3 is 5.73 Å². The van der Waals surface area contributed by atoms with E-state index in [9.17, 15) is 0 Å². The molecule has 0 radical (unpaired) electrons. The van der Waals surface area contributed by atoms with Crippen molar-refractivity contribution in [2.45, 2.75) is 26.7 Å². The molecule has 1 aromatic carbocycles. The Kier molecular flexibility index (Phi) is 4.22. The summed E-state index contributed by atoms with van der Waals surface area (Å²) in [5, 5.41) is 5.18. The van der Waals surface area contributed by atoms with Crippen LogP contribution in [0.2, 0.25) is 5.02 Å². The zero-order valence-corrected chi connectivity index (χ0v) is 12.6. The first kappa shape index (κ1) is 14.0. The number of rotatable bonds is 4. The normalized spacial score (nSPS) is 10.7. The lowest BCUT2D eigenvalue weighted by atomic mass is 10.2. The standard InChI is InChI=1S/C14H16ClN3S/c1-3-10-8-11(4-2)18(17-10)13-6-5-9(14(16)19)7-12(13)15/h5-8H,3-4H2,1-2H3,(H2,16,19). The lowest BCUT2D eigenvalue weighted by Gasteiger charge is -2.09. The van der Waals surface area contributed by atoms with Gasteiger partial charge in [-0.05, 0) is 37.1 Å². The number of aromatic nitrogens is 2. The van der Waals surface area contributed by atoms with E-state index in [-0.39, 0.29) is 0 Å². The number of hydrogen-bond acceptors (Lipinski definition) is 2. The van der Waals surface area contributed by atoms with Crippen LogP contribution in [0, 0.1) is 0 Å². The molecular formula is C14H16ClN3S. The van der Waals surface area contributed by atoms with Gasteiger partial charge in [0.25, 0.3) is 0 Å². The molecule has 0 unspecified atom stereocenters. The minimum absolute atomic E-state index is 0.346. The van der Waals surface area contributed by atoms with Gasteiger partial charge in [0.15, 0.2) is 0 Å². The van der Waals surface area contributed by atoms with Crippen molar-refractivity contribution in [2.24, 2.45) is 5.73 Å². The van der Waals surface area contributed by atoms with Crippen LogP contribution in [0.15, 0.2) is 24.3 Å². The van der Waals surface area contributed by atoms with Crippen LogP contribution in [0.1, 0.15) is 30.8 Å². The number of aryl methyl sites for hydroxylation is 2. The first-order valence-corrected chi connectivity index (χ1v) is 7.03. The molecule has 2 rings (SSSR count). The third-order valence-electron chi connectivity index (χ3n) is 3.02. The van der Waals surface area contributed by atoms with Gasteiger partial charge in [0.2, 0.25) is 0 Å². The first-order valence-electron chi connectivity index (χ1n) is 6.24. The zero-order chi connectivity index (χ0) is 14.0. The van der Waals surface area contributed by atoms with Crippen molar-refractivity contribution in [3.05, 3.63) is 46.2 Å². The molecule has 0 aliphatic heterocycles. The number of halogens is 1. The average molecular weight is 294 g/mol. The van der Waals surface area contributed by atoms with E-state index in [0.717, 1.165) is 35.5 Å². The molecule has 5 heteroatoms. The van der Waals surface area contributed by atoms with E-state index >= 15 is 0 Å². The summed E-state index contributed by atoms with van der Waals surface area (Å²) in [6.45, 7) is 4.19. The van der Waals surface area contributed by atoms with Crippen molar-refractivity contribution in [3.63, 3.8) is 0 Å². The molecule has 2 N–H and O–H groups in total. The summed E-state index contributed by atoms with van der Waals surface area (Å²) in [6, 6.07) is 7.67. The third kappa shape index (κ3) is 2.80. The highest BCUT2D eigenvalue weighted by atomic mass is 35.5. The lowest BCUT2D eigenvalue weighted by molar-refractivity contribution is 0.794. The van der Waals surface area contributed by atoms with Gasteiger partial charge in [0, 0.05) is 11.3 Å². The van der Waals surface area contributed by atoms with Crippen molar-refractivity contribution in [3.8, 4) is 5.69 Å². The van der Waals surface area contributed by atoms with Gasteiger partial charge in [-0.15, -0.1) is 0 Å². The monoisotopic (exact) mass is 293 g/mol. The van der Waals surface area contributed by atoms with Crippen molar-refractivity contribution >= 4 is 28.8 Å². The molecule has 0 bridgehead atoms. The van der Waals surface area contributed by atoms with Gasteiger partial charge in [-0.2, -0.15) is 5.10 Å². The van der Waals surface area contributed by atoms with Gasteiger partial charge in [0.1, 0.15) is 4.99 Å². The number of thiocarbonyl (C=S) groups is 1. The number of nitrogens with zero attached hydrogens (tertiary/aromatic N) is 2. The maximum Gasteiger partial charge on any atom is 0.104 e. The molecule has 1 aromatic heterocycles. The molecule has 0 saturated carbocycles. The largest absolute Gasteiger partial charge is 0.389 e. The molecular weight excluding hydrogens is 278 g/mol. The second kappa shape index (κ2) is 5.72. The summed E-state index contributed by atoms with van der Waals surface area (Å²) in [5.74, 6) is 0. The SMILES string of the molecule is CCc1cc(CC)n(-c2ccc(C(N)=S)cc2Cl)n1. The number of benzene rings is 1. The van der Waals surface area contributed by atoms with Crippen LogP contribution in [0.5, 0.6) is 0 Å². The van der Waals surface area contributed by atoms with E-state index in [1.54, 1.807) is 6.07 Å². The molecule has 0 spiro atoms. The van der Waals surface area contributed by atoms with Crippen LogP contribution in [0.25, 0.3) is 5.69 Å². The molecule has 19 heavy (non-hydrogen) atoms. The summed E-state index contributed by atoms with van der Waals surface area (Å²) < 4.78 is 1.89. The van der Waals surface area contributed by atoms with E-state index in [0.29, 0.717) is 10.0 Å². The highest BCUT2D eigenvalue weighted by molar-refractivity contribution is 7.80. The van der Waals surface area contributed by atoms with Crippen LogP contribution in [0.3, 0.4) is 0 Å². The molecule has 0 fully saturated rings. The Morgan fingerprint density at radius 1 is 1.32 bits per heavy atom. The Hall–Kier alpha value is -1.39. The fraction of sp³-hybridized carbons (Fsp3) is 0.286. The molecule has 1 heterocycles. The highest BCUT2D eigenvalue weighted by Crippen LogP contribution is 2.24. The van der Waals surface area contributed by atoms with E-state index in [4.69, 9.17) is 29.6 Å². The first-order chi connectivity index (χ1) is 9.06. The Morgan fingerprint density at radius 3 is 2.58 bits per heavy atom. The van der Waals surface area contributed by atoms with E-state index in [1.807, 2.05) is 16.8 Å². The van der Waals surface area contributed by atoms with E-state index in [2.05, 4.69) is 25.0 Å². The van der Waals surface area contributed by atoms with Gasteiger partial charge in [-0.1, -0.05) is 37.7 Å². The molecule has 0 atom stereocenters. The van der Waals surface area contributed by atoms with E-state index < -0.39 is 0 Å². The lowest BCUT2D eigenvalue weighted by Crippen LogP contribution is -2.10. The fourth-order valence-corrected chi connectivity index (χ4v) is 2.33. The predicted octanol–water partition coefficient (Wildman–Crippen LogP) is 3.28. The quantitative estimate of drug-likeness (QED) is 0.880. The second-order valence-electron chi connectivity index (χ2n) is 4.28.